The lowest BCUT2D eigenvalue weighted by molar-refractivity contribution is -0.124. The van der Waals surface area contributed by atoms with E-state index >= 15 is 0 Å². The molecule has 2 aromatic carbocycles. The van der Waals surface area contributed by atoms with Gasteiger partial charge in [0.05, 0.1) is 10.5 Å². The normalized spacial score (nSPS) is 11.0. The van der Waals surface area contributed by atoms with Gasteiger partial charge in [0.25, 0.3) is 5.91 Å². The summed E-state index contributed by atoms with van der Waals surface area (Å²) >= 11 is 5.85. The predicted molar refractivity (Wildman–Crippen MR) is 93.1 cm³/mol. The minimum Gasteiger partial charge on any atom is -0.452 e. The second kappa shape index (κ2) is 8.13. The molecule has 2 aromatic rings. The van der Waals surface area contributed by atoms with E-state index in [9.17, 15) is 18.0 Å². The Kier molecular flexibility index (Phi) is 6.17. The van der Waals surface area contributed by atoms with Crippen molar-refractivity contribution in [3.05, 3.63) is 64.7 Å². The first-order valence-electron chi connectivity index (χ1n) is 7.25. The third-order valence-corrected chi connectivity index (χ3v) is 4.61. The monoisotopic (exact) mass is 381 g/mol. The number of amides is 1. The summed E-state index contributed by atoms with van der Waals surface area (Å²) in [4.78, 5) is 23.7. The quantitative estimate of drug-likeness (QED) is 0.775. The van der Waals surface area contributed by atoms with Crippen LogP contribution in [0.2, 0.25) is 5.02 Å². The fraction of sp³-hybridized carbons (Fsp3) is 0.176. The van der Waals surface area contributed by atoms with Crippen molar-refractivity contribution < 1.29 is 22.7 Å². The van der Waals surface area contributed by atoms with Gasteiger partial charge in [0.15, 0.2) is 16.4 Å². The lowest BCUT2D eigenvalue weighted by atomic mass is 10.2. The summed E-state index contributed by atoms with van der Waals surface area (Å²) in [5.74, 6) is -1.39. The number of halogens is 1. The molecule has 0 saturated carbocycles. The summed E-state index contributed by atoms with van der Waals surface area (Å²) in [6.07, 6.45) is 0.997. The largest absolute Gasteiger partial charge is 0.452 e. The minimum atomic E-state index is -3.58. The Morgan fingerprint density at radius 3 is 2.52 bits per heavy atom. The van der Waals surface area contributed by atoms with Gasteiger partial charge in [0.1, 0.15) is 0 Å². The molecular weight excluding hydrogens is 366 g/mol. The molecule has 0 saturated heterocycles. The lowest BCUT2D eigenvalue weighted by Crippen LogP contribution is -2.28. The predicted octanol–water partition coefficient (Wildman–Crippen LogP) is 2.22. The highest BCUT2D eigenvalue weighted by molar-refractivity contribution is 7.90. The van der Waals surface area contributed by atoms with Crippen molar-refractivity contribution in [2.75, 3.05) is 12.9 Å². The molecule has 0 spiro atoms. The van der Waals surface area contributed by atoms with E-state index in [1.807, 2.05) is 0 Å². The van der Waals surface area contributed by atoms with Crippen LogP contribution in [0.4, 0.5) is 0 Å². The van der Waals surface area contributed by atoms with E-state index < -0.39 is 28.3 Å². The number of hydrogen-bond acceptors (Lipinski definition) is 5. The maximum atomic E-state index is 12.1. The maximum Gasteiger partial charge on any atom is 0.339 e. The highest BCUT2D eigenvalue weighted by Gasteiger charge is 2.19. The second-order valence-electron chi connectivity index (χ2n) is 5.25. The number of esters is 1. The molecule has 0 aromatic heterocycles. The average Bonchev–Trinajstić information content (AvgIpc) is 2.57. The van der Waals surface area contributed by atoms with Gasteiger partial charge < -0.3 is 10.1 Å². The molecule has 6 nitrogen and oxygen atoms in total. The van der Waals surface area contributed by atoms with Crippen molar-refractivity contribution >= 4 is 33.3 Å². The summed E-state index contributed by atoms with van der Waals surface area (Å²) in [7, 11) is -3.58. The highest BCUT2D eigenvalue weighted by atomic mass is 35.5. The van der Waals surface area contributed by atoms with E-state index in [2.05, 4.69) is 5.32 Å². The SMILES string of the molecule is CS(=O)(=O)c1ccccc1C(=O)OCC(=O)NCc1cccc(Cl)c1. The Hall–Kier alpha value is -2.38. The van der Waals surface area contributed by atoms with Gasteiger partial charge in [-0.1, -0.05) is 35.9 Å². The minimum absolute atomic E-state index is 0.104. The molecule has 8 heteroatoms. The van der Waals surface area contributed by atoms with Crippen LogP contribution in [0, 0.1) is 0 Å². The number of ether oxygens (including phenoxy) is 1. The molecule has 0 heterocycles. The number of carbonyl (C=O) groups is 2. The molecule has 1 N–H and O–H groups in total. The Balaban J connectivity index is 1.93. The summed E-state index contributed by atoms with van der Waals surface area (Å²) in [6.45, 7) is -0.283. The number of sulfone groups is 1. The molecule has 0 aliphatic heterocycles. The summed E-state index contributed by atoms with van der Waals surface area (Å²) in [5, 5.41) is 3.14. The van der Waals surface area contributed by atoms with Gasteiger partial charge in [-0.25, -0.2) is 13.2 Å². The van der Waals surface area contributed by atoms with Gasteiger partial charge in [0.2, 0.25) is 0 Å². The van der Waals surface area contributed by atoms with E-state index in [-0.39, 0.29) is 17.0 Å². The van der Waals surface area contributed by atoms with Crippen molar-refractivity contribution in [2.24, 2.45) is 0 Å². The Morgan fingerprint density at radius 2 is 1.84 bits per heavy atom. The molecule has 1 amide bonds. The topological polar surface area (TPSA) is 89.5 Å². The van der Waals surface area contributed by atoms with Crippen LogP contribution in [0.3, 0.4) is 0 Å². The zero-order chi connectivity index (χ0) is 18.4. The second-order valence-corrected chi connectivity index (χ2v) is 7.67. The third kappa shape index (κ3) is 5.58. The van der Waals surface area contributed by atoms with E-state index in [1.165, 1.54) is 24.3 Å². The molecule has 0 aliphatic rings. The van der Waals surface area contributed by atoms with E-state index in [4.69, 9.17) is 16.3 Å². The van der Waals surface area contributed by atoms with Crippen LogP contribution in [-0.4, -0.2) is 33.2 Å². The molecule has 0 fully saturated rings. The van der Waals surface area contributed by atoms with Gasteiger partial charge in [-0.05, 0) is 29.8 Å². The molecular formula is C17H16ClNO5S. The smallest absolute Gasteiger partial charge is 0.339 e. The van der Waals surface area contributed by atoms with E-state index in [0.717, 1.165) is 11.8 Å². The van der Waals surface area contributed by atoms with Crippen molar-refractivity contribution in [3.63, 3.8) is 0 Å². The molecule has 132 valence electrons. The number of carbonyl (C=O) groups excluding carboxylic acids is 2. The van der Waals surface area contributed by atoms with Crippen LogP contribution in [0.15, 0.2) is 53.4 Å². The molecule has 0 atom stereocenters. The summed E-state index contributed by atoms with van der Waals surface area (Å²) in [5.41, 5.74) is 0.697. The fourth-order valence-corrected chi connectivity index (χ4v) is 3.16. The molecule has 0 unspecified atom stereocenters. The maximum absolute atomic E-state index is 12.1. The van der Waals surface area contributed by atoms with E-state index in [1.54, 1.807) is 24.3 Å². The zero-order valence-electron chi connectivity index (χ0n) is 13.4. The first-order valence-corrected chi connectivity index (χ1v) is 9.51. The van der Waals surface area contributed by atoms with Gasteiger partial charge in [0, 0.05) is 17.8 Å². The van der Waals surface area contributed by atoms with Gasteiger partial charge >= 0.3 is 5.97 Å². The number of nitrogens with one attached hydrogen (secondary N) is 1. The van der Waals surface area contributed by atoms with Crippen LogP contribution in [0.1, 0.15) is 15.9 Å². The molecule has 0 bridgehead atoms. The van der Waals surface area contributed by atoms with Crippen LogP contribution >= 0.6 is 11.6 Å². The average molecular weight is 382 g/mol. The van der Waals surface area contributed by atoms with Gasteiger partial charge in [-0.15, -0.1) is 0 Å². The number of rotatable bonds is 6. The Morgan fingerprint density at radius 1 is 1.12 bits per heavy atom. The van der Waals surface area contributed by atoms with Gasteiger partial charge in [-0.2, -0.15) is 0 Å². The van der Waals surface area contributed by atoms with E-state index in [0.29, 0.717) is 5.02 Å². The van der Waals surface area contributed by atoms with Crippen LogP contribution in [0.25, 0.3) is 0 Å². The number of benzene rings is 2. The lowest BCUT2D eigenvalue weighted by Gasteiger charge is -2.09. The molecule has 0 radical (unpaired) electrons. The molecule has 25 heavy (non-hydrogen) atoms. The van der Waals surface area contributed by atoms with Crippen molar-refractivity contribution in [2.45, 2.75) is 11.4 Å². The summed E-state index contributed by atoms with van der Waals surface area (Å²) in [6, 6.07) is 12.6. The van der Waals surface area contributed by atoms with Crippen LogP contribution in [0.5, 0.6) is 0 Å². The van der Waals surface area contributed by atoms with Gasteiger partial charge in [-0.3, -0.25) is 4.79 Å². The van der Waals surface area contributed by atoms with Crippen molar-refractivity contribution in [1.29, 1.82) is 0 Å². The molecule has 2 rings (SSSR count). The summed E-state index contributed by atoms with van der Waals surface area (Å²) < 4.78 is 28.3. The van der Waals surface area contributed by atoms with Crippen molar-refractivity contribution in [3.8, 4) is 0 Å². The highest BCUT2D eigenvalue weighted by Crippen LogP contribution is 2.16. The molecule has 0 aliphatic carbocycles. The first kappa shape index (κ1) is 19.0. The first-order chi connectivity index (χ1) is 11.8. The van der Waals surface area contributed by atoms with Crippen molar-refractivity contribution in [1.82, 2.24) is 5.32 Å². The third-order valence-electron chi connectivity index (χ3n) is 3.22. The number of hydrogen-bond donors (Lipinski definition) is 1. The van der Waals surface area contributed by atoms with Crippen LogP contribution < -0.4 is 5.32 Å². The Bertz CT molecular complexity index is 895. The van der Waals surface area contributed by atoms with Crippen LogP contribution in [-0.2, 0) is 25.9 Å². The zero-order valence-corrected chi connectivity index (χ0v) is 14.9. The fourth-order valence-electron chi connectivity index (χ4n) is 2.07. The standard InChI is InChI=1S/C17H16ClNO5S/c1-25(22,23)15-8-3-2-7-14(15)17(21)24-11-16(20)19-10-12-5-4-6-13(18)9-12/h2-9H,10-11H2,1H3,(H,19,20). The Labute approximate surface area is 150 Å².